The van der Waals surface area contributed by atoms with Gasteiger partial charge < -0.3 is 5.73 Å². The van der Waals surface area contributed by atoms with Crippen LogP contribution in [0.1, 0.15) is 37.8 Å². The van der Waals surface area contributed by atoms with Crippen LogP contribution in [-0.4, -0.2) is 15.4 Å². The van der Waals surface area contributed by atoms with E-state index in [-0.39, 0.29) is 6.04 Å². The molecule has 0 aromatic carbocycles. The zero-order valence-corrected chi connectivity index (χ0v) is 12.0. The lowest BCUT2D eigenvalue weighted by Crippen LogP contribution is -2.28. The molecule has 4 atom stereocenters. The lowest BCUT2D eigenvalue weighted by molar-refractivity contribution is 0.294. The predicted octanol–water partition coefficient (Wildman–Crippen LogP) is 3.09. The SMILES string of the molecule is NC(Cc1cn2ccsc2n1)CC1CC2CCC1C2. The summed E-state index contributed by atoms with van der Waals surface area (Å²) in [4.78, 5) is 5.72. The average molecular weight is 275 g/mol. The molecular formula is C15H21N3S. The van der Waals surface area contributed by atoms with Gasteiger partial charge in [-0.15, -0.1) is 11.3 Å². The maximum Gasteiger partial charge on any atom is 0.193 e. The molecule has 2 aromatic rings. The van der Waals surface area contributed by atoms with E-state index in [1.807, 2.05) is 0 Å². The van der Waals surface area contributed by atoms with Crippen molar-refractivity contribution in [2.75, 3.05) is 0 Å². The second-order valence-electron chi connectivity index (χ2n) is 6.46. The number of aromatic nitrogens is 2. The molecule has 0 radical (unpaired) electrons. The Bertz CT molecular complexity index is 544. The van der Waals surface area contributed by atoms with Crippen LogP contribution in [-0.2, 0) is 6.42 Å². The molecule has 0 saturated heterocycles. The van der Waals surface area contributed by atoms with Crippen molar-refractivity contribution >= 4 is 16.3 Å². The molecule has 4 unspecified atom stereocenters. The minimum Gasteiger partial charge on any atom is -0.327 e. The van der Waals surface area contributed by atoms with Crippen LogP contribution in [0.3, 0.4) is 0 Å². The largest absolute Gasteiger partial charge is 0.327 e. The van der Waals surface area contributed by atoms with Gasteiger partial charge in [-0.05, 0) is 43.4 Å². The first kappa shape index (κ1) is 11.9. The van der Waals surface area contributed by atoms with Crippen molar-refractivity contribution in [3.63, 3.8) is 0 Å². The van der Waals surface area contributed by atoms with Crippen LogP contribution in [0, 0.1) is 17.8 Å². The second-order valence-corrected chi connectivity index (χ2v) is 7.33. The molecule has 2 aromatic heterocycles. The standard InChI is InChI=1S/C15H21N3S/c16-13(7-12-6-10-1-2-11(12)5-10)8-14-9-18-3-4-19-15(18)17-14/h3-4,9-13H,1-2,5-8,16H2. The van der Waals surface area contributed by atoms with Gasteiger partial charge in [-0.3, -0.25) is 4.40 Å². The quantitative estimate of drug-likeness (QED) is 0.931. The van der Waals surface area contributed by atoms with Crippen LogP contribution in [0.2, 0.25) is 0 Å². The first-order valence-corrected chi connectivity index (χ1v) is 8.32. The minimum absolute atomic E-state index is 0.286. The lowest BCUT2D eigenvalue weighted by atomic mass is 9.83. The fourth-order valence-corrected chi connectivity index (χ4v) is 5.00. The predicted molar refractivity (Wildman–Crippen MR) is 78.3 cm³/mol. The van der Waals surface area contributed by atoms with E-state index in [1.165, 1.54) is 32.1 Å². The monoisotopic (exact) mass is 275 g/mol. The van der Waals surface area contributed by atoms with Crippen LogP contribution in [0.5, 0.6) is 0 Å². The van der Waals surface area contributed by atoms with Gasteiger partial charge in [-0.1, -0.05) is 6.42 Å². The topological polar surface area (TPSA) is 43.3 Å². The highest BCUT2D eigenvalue weighted by atomic mass is 32.1. The molecule has 2 heterocycles. The number of hydrogen-bond donors (Lipinski definition) is 1. The number of imidazole rings is 1. The van der Waals surface area contributed by atoms with Crippen LogP contribution in [0.15, 0.2) is 17.8 Å². The Labute approximate surface area is 117 Å². The average Bonchev–Trinajstić information content (AvgIpc) is 3.06. The van der Waals surface area contributed by atoms with E-state index in [2.05, 4.69) is 27.2 Å². The molecule has 2 aliphatic carbocycles. The third kappa shape index (κ3) is 2.21. The van der Waals surface area contributed by atoms with Gasteiger partial charge in [0.1, 0.15) is 0 Å². The maximum absolute atomic E-state index is 6.36. The molecule has 2 N–H and O–H groups in total. The Balaban J connectivity index is 1.38. The van der Waals surface area contributed by atoms with Crippen molar-refractivity contribution in [1.82, 2.24) is 9.38 Å². The van der Waals surface area contributed by atoms with Crippen molar-refractivity contribution in [2.24, 2.45) is 23.5 Å². The Hall–Kier alpha value is -0.870. The fourth-order valence-electron chi connectivity index (χ4n) is 4.28. The number of thiazole rings is 1. The van der Waals surface area contributed by atoms with Crippen molar-refractivity contribution < 1.29 is 0 Å². The summed E-state index contributed by atoms with van der Waals surface area (Å²) in [6.45, 7) is 0. The Morgan fingerprint density at radius 2 is 2.37 bits per heavy atom. The van der Waals surface area contributed by atoms with Gasteiger partial charge in [0.05, 0.1) is 5.69 Å². The molecule has 2 aliphatic rings. The van der Waals surface area contributed by atoms with E-state index in [0.717, 1.165) is 34.8 Å². The molecule has 102 valence electrons. The summed E-state index contributed by atoms with van der Waals surface area (Å²) in [7, 11) is 0. The van der Waals surface area contributed by atoms with Crippen molar-refractivity contribution in [3.05, 3.63) is 23.5 Å². The number of hydrogen-bond acceptors (Lipinski definition) is 3. The van der Waals surface area contributed by atoms with Gasteiger partial charge in [0.15, 0.2) is 4.96 Å². The summed E-state index contributed by atoms with van der Waals surface area (Å²) in [5.74, 6) is 2.92. The van der Waals surface area contributed by atoms with Gasteiger partial charge in [0.25, 0.3) is 0 Å². The van der Waals surface area contributed by atoms with Crippen LogP contribution in [0.25, 0.3) is 4.96 Å². The highest BCUT2D eigenvalue weighted by molar-refractivity contribution is 7.15. The van der Waals surface area contributed by atoms with Crippen molar-refractivity contribution in [2.45, 2.75) is 44.6 Å². The molecule has 2 bridgehead atoms. The van der Waals surface area contributed by atoms with E-state index in [0.29, 0.717) is 0 Å². The van der Waals surface area contributed by atoms with E-state index in [4.69, 9.17) is 5.73 Å². The molecular weight excluding hydrogens is 254 g/mol. The summed E-state index contributed by atoms with van der Waals surface area (Å²) >= 11 is 1.69. The zero-order valence-electron chi connectivity index (χ0n) is 11.2. The highest BCUT2D eigenvalue weighted by Crippen LogP contribution is 2.49. The minimum atomic E-state index is 0.286. The van der Waals surface area contributed by atoms with E-state index in [1.54, 1.807) is 11.3 Å². The molecule has 2 fully saturated rings. The van der Waals surface area contributed by atoms with Gasteiger partial charge in [0.2, 0.25) is 0 Å². The third-order valence-electron chi connectivity index (χ3n) is 5.10. The highest BCUT2D eigenvalue weighted by Gasteiger charge is 2.39. The van der Waals surface area contributed by atoms with E-state index in [9.17, 15) is 0 Å². The molecule has 4 rings (SSSR count). The number of rotatable bonds is 4. The smallest absolute Gasteiger partial charge is 0.193 e. The van der Waals surface area contributed by atoms with Crippen molar-refractivity contribution in [1.29, 1.82) is 0 Å². The van der Waals surface area contributed by atoms with Crippen LogP contribution < -0.4 is 5.73 Å². The summed E-state index contributed by atoms with van der Waals surface area (Å²) < 4.78 is 2.10. The van der Waals surface area contributed by atoms with Gasteiger partial charge >= 0.3 is 0 Å². The fraction of sp³-hybridized carbons (Fsp3) is 0.667. The molecule has 19 heavy (non-hydrogen) atoms. The van der Waals surface area contributed by atoms with Crippen molar-refractivity contribution in [3.8, 4) is 0 Å². The zero-order chi connectivity index (χ0) is 12.8. The van der Waals surface area contributed by atoms with Crippen LogP contribution >= 0.6 is 11.3 Å². The van der Waals surface area contributed by atoms with Gasteiger partial charge in [-0.25, -0.2) is 4.98 Å². The summed E-state index contributed by atoms with van der Waals surface area (Å²) in [5, 5.41) is 2.07. The number of fused-ring (bicyclic) bond motifs is 3. The molecule has 4 heteroatoms. The lowest BCUT2D eigenvalue weighted by Gasteiger charge is -2.24. The second kappa shape index (κ2) is 4.60. The first-order chi connectivity index (χ1) is 9.28. The van der Waals surface area contributed by atoms with Gasteiger partial charge in [-0.2, -0.15) is 0 Å². The molecule has 0 aliphatic heterocycles. The summed E-state index contributed by atoms with van der Waals surface area (Å²) in [6, 6.07) is 0.286. The molecule has 2 saturated carbocycles. The number of nitrogens with two attached hydrogens (primary N) is 1. The maximum atomic E-state index is 6.36. The Morgan fingerprint density at radius 3 is 3.11 bits per heavy atom. The Kier molecular flexibility index (Phi) is 2.88. The van der Waals surface area contributed by atoms with E-state index < -0.39 is 0 Å². The Morgan fingerprint density at radius 1 is 1.42 bits per heavy atom. The number of nitrogens with zero attached hydrogens (tertiary/aromatic N) is 2. The third-order valence-corrected chi connectivity index (χ3v) is 5.88. The van der Waals surface area contributed by atoms with Crippen LogP contribution in [0.4, 0.5) is 0 Å². The van der Waals surface area contributed by atoms with Gasteiger partial charge in [0, 0.05) is 30.2 Å². The summed E-state index contributed by atoms with van der Waals surface area (Å²) in [5.41, 5.74) is 7.52. The summed E-state index contributed by atoms with van der Waals surface area (Å²) in [6.07, 6.45) is 12.2. The molecule has 0 amide bonds. The first-order valence-electron chi connectivity index (χ1n) is 7.44. The molecule has 0 spiro atoms. The molecule has 3 nitrogen and oxygen atoms in total. The normalized spacial score (nSPS) is 31.3. The van der Waals surface area contributed by atoms with E-state index >= 15 is 0 Å².